The summed E-state index contributed by atoms with van der Waals surface area (Å²) < 4.78 is 5.23. The van der Waals surface area contributed by atoms with Gasteiger partial charge in [-0.3, -0.25) is 4.79 Å². The lowest BCUT2D eigenvalue weighted by molar-refractivity contribution is 0.0740. The Morgan fingerprint density at radius 2 is 1.92 bits per heavy atom. The molecular formula is C19H26N4O2. The van der Waals surface area contributed by atoms with Gasteiger partial charge < -0.3 is 19.4 Å². The Morgan fingerprint density at radius 1 is 1.20 bits per heavy atom. The molecule has 0 radical (unpaired) electrons. The van der Waals surface area contributed by atoms with Gasteiger partial charge >= 0.3 is 0 Å². The number of carbonyl (C=O) groups excluding carboxylic acids is 1. The van der Waals surface area contributed by atoms with Crippen molar-refractivity contribution in [3.05, 3.63) is 29.3 Å². The van der Waals surface area contributed by atoms with Gasteiger partial charge in [0.15, 0.2) is 0 Å². The number of piperazine rings is 1. The van der Waals surface area contributed by atoms with E-state index in [9.17, 15) is 10.1 Å². The lowest BCUT2D eigenvalue weighted by Crippen LogP contribution is -2.46. The molecule has 0 aromatic heterocycles. The van der Waals surface area contributed by atoms with E-state index in [1.165, 1.54) is 0 Å². The van der Waals surface area contributed by atoms with Gasteiger partial charge in [-0.1, -0.05) is 6.92 Å². The monoisotopic (exact) mass is 342 g/mol. The van der Waals surface area contributed by atoms with Gasteiger partial charge in [0.25, 0.3) is 5.91 Å². The zero-order valence-electron chi connectivity index (χ0n) is 15.1. The summed E-state index contributed by atoms with van der Waals surface area (Å²) >= 11 is 0. The number of ether oxygens (including phenoxy) is 1. The van der Waals surface area contributed by atoms with E-state index >= 15 is 0 Å². The minimum Gasteiger partial charge on any atom is -0.497 e. The topological polar surface area (TPSA) is 59.8 Å². The summed E-state index contributed by atoms with van der Waals surface area (Å²) in [5.41, 5.74) is 1.40. The van der Waals surface area contributed by atoms with Crippen molar-refractivity contribution in [2.75, 3.05) is 52.9 Å². The van der Waals surface area contributed by atoms with Crippen molar-refractivity contribution < 1.29 is 9.53 Å². The Kier molecular flexibility index (Phi) is 5.57. The number of hydrogen-bond donors (Lipinski definition) is 0. The van der Waals surface area contributed by atoms with Crippen LogP contribution in [0.5, 0.6) is 5.75 Å². The summed E-state index contributed by atoms with van der Waals surface area (Å²) in [4.78, 5) is 19.2. The molecule has 1 aromatic rings. The molecule has 0 bridgehead atoms. The number of methoxy groups -OCH3 is 1. The summed E-state index contributed by atoms with van der Waals surface area (Å²) in [6.45, 7) is 9.30. The number of nitriles is 1. The smallest absolute Gasteiger partial charge is 0.255 e. The molecule has 134 valence electrons. The molecule has 1 amide bonds. The van der Waals surface area contributed by atoms with E-state index < -0.39 is 6.04 Å². The molecular weight excluding hydrogens is 316 g/mol. The van der Waals surface area contributed by atoms with Crippen molar-refractivity contribution in [2.45, 2.75) is 19.4 Å². The highest BCUT2D eigenvalue weighted by atomic mass is 16.5. The van der Waals surface area contributed by atoms with Crippen LogP contribution in [0.25, 0.3) is 0 Å². The van der Waals surface area contributed by atoms with Crippen molar-refractivity contribution in [3.63, 3.8) is 0 Å². The van der Waals surface area contributed by atoms with E-state index in [0.29, 0.717) is 17.9 Å². The summed E-state index contributed by atoms with van der Waals surface area (Å²) in [5, 5.41) is 9.57. The van der Waals surface area contributed by atoms with Crippen molar-refractivity contribution >= 4 is 5.91 Å². The van der Waals surface area contributed by atoms with Gasteiger partial charge in [0.05, 0.1) is 13.2 Å². The molecule has 6 nitrogen and oxygen atoms in total. The fraction of sp³-hybridized carbons (Fsp3) is 0.579. The molecule has 1 fully saturated rings. The number of fused-ring (bicyclic) bond motifs is 1. The number of likely N-dealkylation sites (N-methyl/N-ethyl adjacent to an activating group) is 1. The predicted octanol–water partition coefficient (Wildman–Crippen LogP) is 1.74. The highest BCUT2D eigenvalue weighted by Crippen LogP contribution is 2.35. The largest absolute Gasteiger partial charge is 0.497 e. The maximum atomic E-state index is 12.6. The molecule has 2 aliphatic rings. The number of amides is 1. The molecule has 0 saturated carbocycles. The maximum Gasteiger partial charge on any atom is 0.255 e. The van der Waals surface area contributed by atoms with Gasteiger partial charge in [0, 0.05) is 43.9 Å². The summed E-state index contributed by atoms with van der Waals surface area (Å²) in [6, 6.07) is 7.14. The van der Waals surface area contributed by atoms with Gasteiger partial charge in [0.1, 0.15) is 11.8 Å². The molecule has 1 aromatic carbocycles. The Hall–Kier alpha value is -2.10. The van der Waals surface area contributed by atoms with Gasteiger partial charge in [0.2, 0.25) is 0 Å². The molecule has 0 aliphatic carbocycles. The van der Waals surface area contributed by atoms with E-state index in [0.717, 1.165) is 51.3 Å². The molecule has 1 atom stereocenters. The zero-order valence-corrected chi connectivity index (χ0v) is 15.1. The summed E-state index contributed by atoms with van der Waals surface area (Å²) in [5.74, 6) is 0.641. The minimum atomic E-state index is -0.505. The molecule has 0 spiro atoms. The molecule has 1 unspecified atom stereocenters. The average Bonchev–Trinajstić information content (AvgIpc) is 2.93. The fourth-order valence-corrected chi connectivity index (χ4v) is 3.69. The van der Waals surface area contributed by atoms with Crippen molar-refractivity contribution in [3.8, 4) is 11.8 Å². The predicted molar refractivity (Wildman–Crippen MR) is 95.6 cm³/mol. The van der Waals surface area contributed by atoms with Crippen LogP contribution in [-0.2, 0) is 0 Å². The number of carbonyl (C=O) groups is 1. The second-order valence-electron chi connectivity index (χ2n) is 6.61. The molecule has 6 heteroatoms. The standard InChI is InChI=1S/C19H26N4O2/c1-3-21-9-11-22(12-10-21)7-4-8-23-18(14-20)17-13-15(25-2)5-6-16(17)19(23)24/h5-6,13,18H,3-4,7-12H2,1-2H3. The van der Waals surface area contributed by atoms with E-state index in [4.69, 9.17) is 4.74 Å². The van der Waals surface area contributed by atoms with E-state index in [2.05, 4.69) is 22.8 Å². The highest BCUT2D eigenvalue weighted by Gasteiger charge is 2.36. The lowest BCUT2D eigenvalue weighted by atomic mass is 10.1. The minimum absolute atomic E-state index is 0.0417. The number of nitrogens with zero attached hydrogens (tertiary/aromatic N) is 4. The Labute approximate surface area is 149 Å². The van der Waals surface area contributed by atoms with Gasteiger partial charge in [-0.15, -0.1) is 0 Å². The van der Waals surface area contributed by atoms with E-state index in [1.54, 1.807) is 24.1 Å². The first-order valence-corrected chi connectivity index (χ1v) is 9.01. The first-order valence-electron chi connectivity index (χ1n) is 9.01. The van der Waals surface area contributed by atoms with Crippen LogP contribution in [0.15, 0.2) is 18.2 Å². The summed E-state index contributed by atoms with van der Waals surface area (Å²) in [7, 11) is 1.59. The Bertz CT molecular complexity index is 662. The molecule has 2 aliphatic heterocycles. The van der Waals surface area contributed by atoms with Crippen LogP contribution in [0.1, 0.15) is 35.3 Å². The van der Waals surface area contributed by atoms with Crippen molar-refractivity contribution in [1.29, 1.82) is 5.26 Å². The van der Waals surface area contributed by atoms with Crippen LogP contribution in [0.3, 0.4) is 0 Å². The first kappa shape index (κ1) is 17.7. The van der Waals surface area contributed by atoms with Crippen LogP contribution in [0.4, 0.5) is 0 Å². The number of hydrogen-bond acceptors (Lipinski definition) is 5. The maximum absolute atomic E-state index is 12.6. The lowest BCUT2D eigenvalue weighted by Gasteiger charge is -2.34. The number of rotatable bonds is 6. The third kappa shape index (κ3) is 3.63. The SMILES string of the molecule is CCN1CCN(CCCN2C(=O)c3ccc(OC)cc3C2C#N)CC1. The van der Waals surface area contributed by atoms with Crippen LogP contribution < -0.4 is 4.74 Å². The second-order valence-corrected chi connectivity index (χ2v) is 6.61. The summed E-state index contributed by atoms with van der Waals surface area (Å²) in [6.07, 6.45) is 0.890. The van der Waals surface area contributed by atoms with Crippen LogP contribution >= 0.6 is 0 Å². The first-order chi connectivity index (χ1) is 12.2. The third-order valence-electron chi connectivity index (χ3n) is 5.26. The van der Waals surface area contributed by atoms with E-state index in [1.807, 2.05) is 6.07 Å². The van der Waals surface area contributed by atoms with Crippen LogP contribution in [0.2, 0.25) is 0 Å². The van der Waals surface area contributed by atoms with Crippen molar-refractivity contribution in [2.24, 2.45) is 0 Å². The van der Waals surface area contributed by atoms with Crippen molar-refractivity contribution in [1.82, 2.24) is 14.7 Å². The molecule has 25 heavy (non-hydrogen) atoms. The second kappa shape index (κ2) is 7.85. The quantitative estimate of drug-likeness (QED) is 0.788. The van der Waals surface area contributed by atoms with Crippen LogP contribution in [-0.4, -0.2) is 73.5 Å². The van der Waals surface area contributed by atoms with Gasteiger partial charge in [-0.25, -0.2) is 0 Å². The van der Waals surface area contributed by atoms with Crippen LogP contribution in [0, 0.1) is 11.3 Å². The Balaban J connectivity index is 1.58. The van der Waals surface area contributed by atoms with Gasteiger partial charge in [-0.05, 0) is 37.7 Å². The zero-order chi connectivity index (χ0) is 17.8. The molecule has 1 saturated heterocycles. The fourth-order valence-electron chi connectivity index (χ4n) is 3.69. The molecule has 3 rings (SSSR count). The molecule has 0 N–H and O–H groups in total. The highest BCUT2D eigenvalue weighted by molar-refractivity contribution is 5.99. The molecule has 2 heterocycles. The average molecular weight is 342 g/mol. The normalized spacial score (nSPS) is 21.2. The van der Waals surface area contributed by atoms with Gasteiger partial charge in [-0.2, -0.15) is 5.26 Å². The van der Waals surface area contributed by atoms with E-state index in [-0.39, 0.29) is 5.91 Å². The Morgan fingerprint density at radius 3 is 2.56 bits per heavy atom. The third-order valence-corrected chi connectivity index (χ3v) is 5.26. The number of benzene rings is 1.